The second-order valence-corrected chi connectivity index (χ2v) is 4.09. The molecule has 0 spiro atoms. The van der Waals surface area contributed by atoms with Gasteiger partial charge in [-0.25, -0.2) is 0 Å². The first kappa shape index (κ1) is 21.3. The standard InChI is InChI=1S/C6H10O2.C5H10.2CH3.Fe/c7-6(8)5-3-1-2-4-5;1-2-4-5-3-1;;;/h5H,1-4H2,(H,7,8);1-5H2;2*1H3;/q;;2*-1;+2. The quantitative estimate of drug-likeness (QED) is 0.575. The van der Waals surface area contributed by atoms with Gasteiger partial charge in [-0.3, -0.25) is 4.79 Å². The first-order chi connectivity index (χ1) is 6.30. The zero-order valence-corrected chi connectivity index (χ0v) is 11.8. The van der Waals surface area contributed by atoms with Gasteiger partial charge in [0.25, 0.3) is 0 Å². The van der Waals surface area contributed by atoms with Gasteiger partial charge in [0.1, 0.15) is 0 Å². The summed E-state index contributed by atoms with van der Waals surface area (Å²) >= 11 is 0. The maximum atomic E-state index is 10.2. The molecule has 2 saturated carbocycles. The Bertz CT molecular complexity index is 142. The van der Waals surface area contributed by atoms with Crippen molar-refractivity contribution < 1.29 is 27.0 Å². The van der Waals surface area contributed by atoms with Gasteiger partial charge in [-0.15, -0.1) is 0 Å². The average Bonchev–Trinajstić information content (AvgIpc) is 2.82. The molecule has 0 atom stereocenters. The van der Waals surface area contributed by atoms with Crippen LogP contribution in [0.15, 0.2) is 0 Å². The Labute approximate surface area is 112 Å². The average molecular weight is 270 g/mol. The Morgan fingerprint density at radius 3 is 1.31 bits per heavy atom. The Balaban J connectivity index is -0.000000189. The predicted octanol–water partition coefficient (Wildman–Crippen LogP) is 4.11. The first-order valence-corrected chi connectivity index (χ1v) is 5.53. The number of hydrogen-bond donors (Lipinski definition) is 1. The van der Waals surface area contributed by atoms with Crippen molar-refractivity contribution in [1.29, 1.82) is 0 Å². The van der Waals surface area contributed by atoms with E-state index in [4.69, 9.17) is 5.11 Å². The molecule has 0 saturated heterocycles. The molecular weight excluding hydrogens is 244 g/mol. The summed E-state index contributed by atoms with van der Waals surface area (Å²) in [5.74, 6) is -0.627. The van der Waals surface area contributed by atoms with Gasteiger partial charge < -0.3 is 20.0 Å². The van der Waals surface area contributed by atoms with Crippen molar-refractivity contribution in [3.8, 4) is 0 Å². The van der Waals surface area contributed by atoms with Crippen molar-refractivity contribution in [1.82, 2.24) is 0 Å². The van der Waals surface area contributed by atoms with Gasteiger partial charge in [0.15, 0.2) is 0 Å². The number of rotatable bonds is 1. The van der Waals surface area contributed by atoms with Crippen LogP contribution in [0, 0.1) is 20.8 Å². The smallest absolute Gasteiger partial charge is 0.481 e. The summed E-state index contributed by atoms with van der Waals surface area (Å²) in [6, 6.07) is 0. The summed E-state index contributed by atoms with van der Waals surface area (Å²) in [7, 11) is 0. The minimum absolute atomic E-state index is 0. The van der Waals surface area contributed by atoms with Gasteiger partial charge in [0.05, 0.1) is 5.92 Å². The zero-order valence-electron chi connectivity index (χ0n) is 10.7. The van der Waals surface area contributed by atoms with Crippen molar-refractivity contribution in [2.45, 2.75) is 57.8 Å². The summed E-state index contributed by atoms with van der Waals surface area (Å²) in [6.07, 6.45) is 11.5. The van der Waals surface area contributed by atoms with Crippen LogP contribution in [0.5, 0.6) is 0 Å². The molecule has 0 aromatic carbocycles. The Kier molecular flexibility index (Phi) is 17.4. The van der Waals surface area contributed by atoms with Crippen LogP contribution >= 0.6 is 0 Å². The Morgan fingerprint density at radius 1 is 0.812 bits per heavy atom. The van der Waals surface area contributed by atoms with E-state index in [-0.39, 0.29) is 37.8 Å². The minimum atomic E-state index is -0.609. The molecule has 2 aliphatic carbocycles. The molecule has 2 nitrogen and oxygen atoms in total. The topological polar surface area (TPSA) is 37.3 Å². The van der Waals surface area contributed by atoms with Crippen molar-refractivity contribution >= 4 is 5.97 Å². The molecule has 0 aromatic rings. The molecule has 2 fully saturated rings. The normalized spacial score (nSPS) is 18.2. The molecular formula is C13H26FeO2. The molecule has 0 radical (unpaired) electrons. The molecule has 16 heavy (non-hydrogen) atoms. The summed E-state index contributed by atoms with van der Waals surface area (Å²) in [5.41, 5.74) is 0. The minimum Gasteiger partial charge on any atom is -0.481 e. The van der Waals surface area contributed by atoms with Crippen LogP contribution in [0.1, 0.15) is 57.8 Å². The van der Waals surface area contributed by atoms with Crippen LogP contribution in [-0.2, 0) is 21.9 Å². The number of hydrogen-bond acceptors (Lipinski definition) is 1. The van der Waals surface area contributed by atoms with E-state index in [0.717, 1.165) is 25.7 Å². The van der Waals surface area contributed by atoms with Crippen LogP contribution in [0.25, 0.3) is 0 Å². The van der Waals surface area contributed by atoms with Crippen molar-refractivity contribution in [2.75, 3.05) is 0 Å². The maximum absolute atomic E-state index is 10.2. The molecule has 0 amide bonds. The Morgan fingerprint density at radius 2 is 1.12 bits per heavy atom. The molecule has 98 valence electrons. The fourth-order valence-electron chi connectivity index (χ4n) is 2.06. The predicted molar refractivity (Wildman–Crippen MR) is 65.5 cm³/mol. The van der Waals surface area contributed by atoms with Crippen molar-refractivity contribution in [2.24, 2.45) is 5.92 Å². The number of carboxylic acids is 1. The summed E-state index contributed by atoms with van der Waals surface area (Å²) < 4.78 is 0. The summed E-state index contributed by atoms with van der Waals surface area (Å²) in [5, 5.41) is 8.41. The summed E-state index contributed by atoms with van der Waals surface area (Å²) in [6.45, 7) is 0. The van der Waals surface area contributed by atoms with E-state index in [1.54, 1.807) is 0 Å². The fraction of sp³-hybridized carbons (Fsp3) is 0.769. The van der Waals surface area contributed by atoms with Gasteiger partial charge in [0.2, 0.25) is 0 Å². The molecule has 2 rings (SSSR count). The second-order valence-electron chi connectivity index (χ2n) is 4.09. The third-order valence-corrected chi connectivity index (χ3v) is 2.95. The number of carboxylic acid groups (broad SMARTS) is 1. The first-order valence-electron chi connectivity index (χ1n) is 5.53. The summed E-state index contributed by atoms with van der Waals surface area (Å²) in [4.78, 5) is 10.2. The van der Waals surface area contributed by atoms with Gasteiger partial charge >= 0.3 is 23.0 Å². The van der Waals surface area contributed by atoms with E-state index in [2.05, 4.69) is 0 Å². The van der Waals surface area contributed by atoms with E-state index in [0.29, 0.717) is 0 Å². The van der Waals surface area contributed by atoms with E-state index in [9.17, 15) is 4.79 Å². The van der Waals surface area contributed by atoms with E-state index in [1.165, 1.54) is 32.1 Å². The van der Waals surface area contributed by atoms with E-state index >= 15 is 0 Å². The van der Waals surface area contributed by atoms with Gasteiger partial charge in [-0.1, -0.05) is 44.9 Å². The Hall–Kier alpha value is -0.0105. The monoisotopic (exact) mass is 270 g/mol. The molecule has 0 aromatic heterocycles. The van der Waals surface area contributed by atoms with Crippen LogP contribution in [0.2, 0.25) is 0 Å². The molecule has 0 aliphatic heterocycles. The zero-order chi connectivity index (χ0) is 9.52. The molecule has 1 N–H and O–H groups in total. The number of carbonyl (C=O) groups is 1. The SMILES string of the molecule is C1CCCC1.O=C(O)C1CCCC1.[CH3-].[CH3-].[Fe+2]. The molecule has 0 heterocycles. The second kappa shape index (κ2) is 13.1. The third kappa shape index (κ3) is 9.23. The third-order valence-electron chi connectivity index (χ3n) is 2.95. The number of aliphatic carboxylic acids is 1. The van der Waals surface area contributed by atoms with Crippen molar-refractivity contribution in [3.63, 3.8) is 0 Å². The van der Waals surface area contributed by atoms with Crippen LogP contribution < -0.4 is 0 Å². The van der Waals surface area contributed by atoms with Gasteiger partial charge in [0, 0.05) is 0 Å². The van der Waals surface area contributed by atoms with Crippen molar-refractivity contribution in [3.05, 3.63) is 14.9 Å². The molecule has 2 aliphatic rings. The fourth-order valence-corrected chi connectivity index (χ4v) is 2.06. The van der Waals surface area contributed by atoms with E-state index in [1.807, 2.05) is 0 Å². The maximum Gasteiger partial charge on any atom is 2.00 e. The van der Waals surface area contributed by atoms with Crippen LogP contribution in [0.3, 0.4) is 0 Å². The van der Waals surface area contributed by atoms with E-state index < -0.39 is 5.97 Å². The molecule has 0 unspecified atom stereocenters. The molecule has 0 bridgehead atoms. The molecule has 3 heteroatoms. The largest absolute Gasteiger partial charge is 2.00 e. The van der Waals surface area contributed by atoms with Crippen LogP contribution in [-0.4, -0.2) is 11.1 Å². The van der Waals surface area contributed by atoms with Gasteiger partial charge in [-0.2, -0.15) is 0 Å². The van der Waals surface area contributed by atoms with Gasteiger partial charge in [-0.05, 0) is 12.8 Å². The van der Waals surface area contributed by atoms with Crippen LogP contribution in [0.4, 0.5) is 0 Å².